The van der Waals surface area contributed by atoms with Gasteiger partial charge in [0.15, 0.2) is 5.69 Å². The van der Waals surface area contributed by atoms with Crippen molar-refractivity contribution in [2.75, 3.05) is 5.32 Å². The van der Waals surface area contributed by atoms with Crippen molar-refractivity contribution in [1.82, 2.24) is 19.7 Å². The van der Waals surface area contributed by atoms with Gasteiger partial charge in [0.2, 0.25) is 0 Å². The Kier molecular flexibility index (Phi) is 5.88. The van der Waals surface area contributed by atoms with Crippen molar-refractivity contribution in [3.63, 3.8) is 0 Å². The highest BCUT2D eigenvalue weighted by Crippen LogP contribution is 2.31. The number of nitrogens with zero attached hydrogens (tertiary/aromatic N) is 4. The molecule has 0 aliphatic rings. The first-order valence-corrected chi connectivity index (χ1v) is 10.2. The Hall–Kier alpha value is -3.42. The molecule has 0 saturated heterocycles. The lowest BCUT2D eigenvalue weighted by Gasteiger charge is -2.09. The Morgan fingerprint density at radius 1 is 1.13 bits per heavy atom. The smallest absolute Gasteiger partial charge is 0.271 e. The van der Waals surface area contributed by atoms with E-state index in [-0.39, 0.29) is 5.69 Å². The van der Waals surface area contributed by atoms with Crippen LogP contribution in [0.5, 0.6) is 0 Å². The van der Waals surface area contributed by atoms with E-state index in [9.17, 15) is 4.79 Å². The lowest BCUT2D eigenvalue weighted by molar-refractivity contribution is 0.0996. The number of amides is 1. The standard InChI is InChI=1S/C22H18Cl2N6O/c1-2-13-10-26-12-27-19(13)14-6-8-15(9-7-14)28-18-11-30(29-20(18)22(25)31)21-16(23)4-3-5-17(21)24/h3-12,28H,2H2,1H3,(H2,25,31). The van der Waals surface area contributed by atoms with Crippen LogP contribution in [0.25, 0.3) is 16.9 Å². The Labute approximate surface area is 188 Å². The first kappa shape index (κ1) is 20.8. The third-order valence-corrected chi connectivity index (χ3v) is 5.33. The van der Waals surface area contributed by atoms with Crippen molar-refractivity contribution >= 4 is 40.5 Å². The molecule has 0 spiro atoms. The maximum Gasteiger partial charge on any atom is 0.271 e. The van der Waals surface area contributed by atoms with Gasteiger partial charge in [0.05, 0.1) is 27.6 Å². The molecule has 0 radical (unpaired) electrons. The zero-order valence-corrected chi connectivity index (χ0v) is 18.0. The van der Waals surface area contributed by atoms with Crippen LogP contribution in [0.2, 0.25) is 10.0 Å². The molecule has 0 aliphatic heterocycles. The number of primary amides is 1. The number of nitrogens with one attached hydrogen (secondary N) is 1. The molecule has 0 fully saturated rings. The van der Waals surface area contributed by atoms with Gasteiger partial charge in [0, 0.05) is 17.4 Å². The van der Waals surface area contributed by atoms with Gasteiger partial charge in [0.25, 0.3) is 5.91 Å². The number of carbonyl (C=O) groups is 1. The monoisotopic (exact) mass is 452 g/mol. The fraction of sp³-hybridized carbons (Fsp3) is 0.0909. The van der Waals surface area contributed by atoms with Crippen molar-refractivity contribution < 1.29 is 4.79 Å². The maximum absolute atomic E-state index is 12.0. The van der Waals surface area contributed by atoms with E-state index in [0.717, 1.165) is 28.9 Å². The number of halogens is 2. The van der Waals surface area contributed by atoms with Gasteiger partial charge < -0.3 is 11.1 Å². The Morgan fingerprint density at radius 2 is 1.84 bits per heavy atom. The van der Waals surface area contributed by atoms with Crippen LogP contribution >= 0.6 is 23.2 Å². The second-order valence-electron chi connectivity index (χ2n) is 6.72. The van der Waals surface area contributed by atoms with Gasteiger partial charge in [0.1, 0.15) is 12.0 Å². The summed E-state index contributed by atoms with van der Waals surface area (Å²) in [4.78, 5) is 20.4. The number of benzene rings is 2. The van der Waals surface area contributed by atoms with Gasteiger partial charge in [-0.05, 0) is 36.2 Å². The Bertz CT molecular complexity index is 1230. The lowest BCUT2D eigenvalue weighted by atomic mass is 10.1. The molecular weight excluding hydrogens is 435 g/mol. The van der Waals surface area contributed by atoms with Crippen LogP contribution in [-0.2, 0) is 6.42 Å². The summed E-state index contributed by atoms with van der Waals surface area (Å²) in [6.07, 6.45) is 5.82. The number of carbonyl (C=O) groups excluding carboxylic acids is 1. The number of aryl methyl sites for hydroxylation is 1. The Morgan fingerprint density at radius 3 is 2.48 bits per heavy atom. The van der Waals surface area contributed by atoms with E-state index in [2.05, 4.69) is 27.3 Å². The first-order chi connectivity index (χ1) is 15.0. The number of hydrogen-bond acceptors (Lipinski definition) is 5. The molecule has 0 saturated carbocycles. The molecule has 2 heterocycles. The van der Waals surface area contributed by atoms with Gasteiger partial charge in [-0.3, -0.25) is 4.79 Å². The SMILES string of the molecule is CCc1cncnc1-c1ccc(Nc2cn(-c3c(Cl)cccc3Cl)nc2C(N)=O)cc1. The normalized spacial score (nSPS) is 10.8. The Balaban J connectivity index is 1.66. The number of para-hydroxylation sites is 1. The van der Waals surface area contributed by atoms with Crippen LogP contribution in [0, 0.1) is 0 Å². The quantitative estimate of drug-likeness (QED) is 0.426. The van der Waals surface area contributed by atoms with Gasteiger partial charge >= 0.3 is 0 Å². The molecule has 9 heteroatoms. The zero-order valence-electron chi connectivity index (χ0n) is 16.5. The van der Waals surface area contributed by atoms with Crippen LogP contribution in [-0.4, -0.2) is 25.7 Å². The van der Waals surface area contributed by atoms with E-state index in [4.69, 9.17) is 28.9 Å². The molecule has 0 atom stereocenters. The molecule has 7 nitrogen and oxygen atoms in total. The molecular formula is C22H18Cl2N6O. The number of nitrogens with two attached hydrogens (primary N) is 1. The van der Waals surface area contributed by atoms with Crippen LogP contribution in [0.15, 0.2) is 61.2 Å². The molecule has 0 unspecified atom stereocenters. The minimum atomic E-state index is -0.672. The average molecular weight is 453 g/mol. The highest BCUT2D eigenvalue weighted by molar-refractivity contribution is 6.37. The van der Waals surface area contributed by atoms with Crippen LogP contribution in [0.1, 0.15) is 23.0 Å². The van der Waals surface area contributed by atoms with Gasteiger partial charge in [-0.1, -0.05) is 48.3 Å². The summed E-state index contributed by atoms with van der Waals surface area (Å²) >= 11 is 12.5. The van der Waals surface area contributed by atoms with E-state index in [1.807, 2.05) is 30.5 Å². The number of rotatable bonds is 6. The molecule has 3 N–H and O–H groups in total. The minimum Gasteiger partial charge on any atom is -0.364 e. The van der Waals surface area contributed by atoms with Gasteiger partial charge in [-0.2, -0.15) is 5.10 Å². The summed E-state index contributed by atoms with van der Waals surface area (Å²) in [5, 5.41) is 8.27. The minimum absolute atomic E-state index is 0.0733. The molecule has 0 aliphatic carbocycles. The van der Waals surface area contributed by atoms with E-state index in [1.165, 1.54) is 11.0 Å². The van der Waals surface area contributed by atoms with Crippen molar-refractivity contribution in [2.45, 2.75) is 13.3 Å². The molecule has 2 aromatic carbocycles. The predicted molar refractivity (Wildman–Crippen MR) is 122 cm³/mol. The van der Waals surface area contributed by atoms with Gasteiger partial charge in [-0.25, -0.2) is 14.6 Å². The number of anilines is 2. The fourth-order valence-electron chi connectivity index (χ4n) is 3.21. The molecule has 4 aromatic rings. The third kappa shape index (κ3) is 4.23. The van der Waals surface area contributed by atoms with E-state index >= 15 is 0 Å². The van der Waals surface area contributed by atoms with Gasteiger partial charge in [-0.15, -0.1) is 0 Å². The van der Waals surface area contributed by atoms with E-state index < -0.39 is 5.91 Å². The second kappa shape index (κ2) is 8.75. The van der Waals surface area contributed by atoms with Crippen molar-refractivity contribution in [1.29, 1.82) is 0 Å². The van der Waals surface area contributed by atoms with E-state index in [1.54, 1.807) is 24.4 Å². The van der Waals surface area contributed by atoms with Crippen LogP contribution in [0.4, 0.5) is 11.4 Å². The van der Waals surface area contributed by atoms with Crippen molar-refractivity contribution in [2.24, 2.45) is 5.73 Å². The third-order valence-electron chi connectivity index (χ3n) is 4.72. The predicted octanol–water partition coefficient (Wildman–Crippen LogP) is 5.04. The number of hydrogen-bond donors (Lipinski definition) is 2. The average Bonchev–Trinajstić information content (AvgIpc) is 3.17. The summed E-state index contributed by atoms with van der Waals surface area (Å²) < 4.78 is 1.44. The maximum atomic E-state index is 12.0. The van der Waals surface area contributed by atoms with E-state index in [0.29, 0.717) is 21.4 Å². The molecule has 1 amide bonds. The molecule has 156 valence electrons. The zero-order chi connectivity index (χ0) is 22.0. The summed E-state index contributed by atoms with van der Waals surface area (Å²) in [5.41, 5.74) is 10.2. The highest BCUT2D eigenvalue weighted by atomic mass is 35.5. The molecule has 0 bridgehead atoms. The molecule has 4 rings (SSSR count). The summed E-state index contributed by atoms with van der Waals surface area (Å²) in [5.74, 6) is -0.672. The second-order valence-corrected chi connectivity index (χ2v) is 7.54. The number of aromatic nitrogens is 4. The summed E-state index contributed by atoms with van der Waals surface area (Å²) in [7, 11) is 0. The van der Waals surface area contributed by atoms with Crippen LogP contribution in [0.3, 0.4) is 0 Å². The lowest BCUT2D eigenvalue weighted by Crippen LogP contribution is -2.14. The largest absolute Gasteiger partial charge is 0.364 e. The van der Waals surface area contributed by atoms with Crippen molar-refractivity contribution in [3.8, 4) is 16.9 Å². The topological polar surface area (TPSA) is 98.7 Å². The summed E-state index contributed by atoms with van der Waals surface area (Å²) in [6, 6.07) is 12.8. The van der Waals surface area contributed by atoms with Crippen LogP contribution < -0.4 is 11.1 Å². The first-order valence-electron chi connectivity index (χ1n) is 9.48. The molecule has 31 heavy (non-hydrogen) atoms. The highest BCUT2D eigenvalue weighted by Gasteiger charge is 2.18. The molecule has 2 aromatic heterocycles. The van der Waals surface area contributed by atoms with Crippen molar-refractivity contribution in [3.05, 3.63) is 82.5 Å². The fourth-order valence-corrected chi connectivity index (χ4v) is 3.78. The summed E-state index contributed by atoms with van der Waals surface area (Å²) in [6.45, 7) is 2.06.